The van der Waals surface area contributed by atoms with Gasteiger partial charge in [0.1, 0.15) is 5.54 Å². The Bertz CT molecular complexity index is 313. The number of hydrogen-bond donors (Lipinski definition) is 1. The van der Waals surface area contributed by atoms with E-state index in [1.165, 1.54) is 12.8 Å². The molecule has 2 aliphatic carbocycles. The molecule has 2 saturated carbocycles. The van der Waals surface area contributed by atoms with Crippen LogP contribution in [0.15, 0.2) is 0 Å². The van der Waals surface area contributed by atoms with E-state index in [9.17, 15) is 4.79 Å². The first-order valence-corrected chi connectivity index (χ1v) is 7.15. The second-order valence-electron chi connectivity index (χ2n) is 6.03. The Morgan fingerprint density at radius 1 is 1.44 bits per heavy atom. The summed E-state index contributed by atoms with van der Waals surface area (Å²) in [4.78, 5) is 14.4. The summed E-state index contributed by atoms with van der Waals surface area (Å²) in [6.45, 7) is 5.10. The van der Waals surface area contributed by atoms with E-state index in [4.69, 9.17) is 10.5 Å². The van der Waals surface area contributed by atoms with Crippen molar-refractivity contribution in [2.24, 2.45) is 17.6 Å². The van der Waals surface area contributed by atoms with Crippen LogP contribution in [-0.2, 0) is 9.53 Å². The van der Waals surface area contributed by atoms with E-state index >= 15 is 0 Å². The van der Waals surface area contributed by atoms with Gasteiger partial charge in [0.05, 0.1) is 6.61 Å². The second-order valence-corrected chi connectivity index (χ2v) is 6.03. The number of carbonyl (C=O) groups excluding carboxylic acids is 1. The fourth-order valence-corrected chi connectivity index (χ4v) is 2.72. The Balaban J connectivity index is 1.98. The SMILES string of the molecule is CCOC(=O)C(N)(CN(C)C(C)C1CC1)C1CC1. The van der Waals surface area contributed by atoms with Gasteiger partial charge in [-0.05, 0) is 58.4 Å². The van der Waals surface area contributed by atoms with Crippen LogP contribution in [0.1, 0.15) is 39.5 Å². The topological polar surface area (TPSA) is 55.6 Å². The Kier molecular flexibility index (Phi) is 3.97. The fraction of sp³-hybridized carbons (Fsp3) is 0.929. The first-order valence-electron chi connectivity index (χ1n) is 7.15. The molecule has 0 saturated heterocycles. The highest BCUT2D eigenvalue weighted by atomic mass is 16.5. The van der Waals surface area contributed by atoms with Gasteiger partial charge in [-0.1, -0.05) is 0 Å². The Morgan fingerprint density at radius 2 is 2.06 bits per heavy atom. The van der Waals surface area contributed by atoms with Crippen LogP contribution in [0.4, 0.5) is 0 Å². The third-order valence-corrected chi connectivity index (χ3v) is 4.47. The molecule has 2 unspecified atom stereocenters. The number of hydrogen-bond acceptors (Lipinski definition) is 4. The first-order chi connectivity index (χ1) is 8.49. The zero-order chi connectivity index (χ0) is 13.3. The predicted octanol–water partition coefficient (Wildman–Crippen LogP) is 1.39. The third-order valence-electron chi connectivity index (χ3n) is 4.47. The number of likely N-dealkylation sites (N-methyl/N-ethyl adjacent to an activating group) is 1. The molecule has 104 valence electrons. The first kappa shape index (κ1) is 13.8. The lowest BCUT2D eigenvalue weighted by Gasteiger charge is -2.34. The van der Waals surface area contributed by atoms with Gasteiger partial charge in [0, 0.05) is 12.6 Å². The number of rotatable bonds is 7. The van der Waals surface area contributed by atoms with Gasteiger partial charge >= 0.3 is 5.97 Å². The van der Waals surface area contributed by atoms with Gasteiger partial charge in [-0.25, -0.2) is 4.79 Å². The van der Waals surface area contributed by atoms with Crippen molar-refractivity contribution in [3.8, 4) is 0 Å². The second kappa shape index (κ2) is 5.17. The molecule has 2 atom stereocenters. The molecule has 2 rings (SSSR count). The minimum atomic E-state index is -0.798. The van der Waals surface area contributed by atoms with Crippen LogP contribution < -0.4 is 5.73 Å². The molecule has 0 aromatic rings. The van der Waals surface area contributed by atoms with Crippen molar-refractivity contribution in [2.75, 3.05) is 20.2 Å². The molecule has 0 heterocycles. The summed E-state index contributed by atoms with van der Waals surface area (Å²) < 4.78 is 5.17. The molecule has 0 amide bonds. The van der Waals surface area contributed by atoms with E-state index in [0.717, 1.165) is 18.8 Å². The standard InChI is InChI=1S/C14H26N2O2/c1-4-18-13(17)14(15,12-7-8-12)9-16(3)10(2)11-5-6-11/h10-12H,4-9,15H2,1-3H3. The summed E-state index contributed by atoms with van der Waals surface area (Å²) in [5.74, 6) is 0.883. The highest BCUT2D eigenvalue weighted by Gasteiger charge is 2.50. The van der Waals surface area contributed by atoms with Crippen LogP contribution in [0.2, 0.25) is 0 Å². The van der Waals surface area contributed by atoms with E-state index in [1.54, 1.807) is 0 Å². The van der Waals surface area contributed by atoms with Crippen molar-refractivity contribution in [1.82, 2.24) is 4.90 Å². The molecule has 0 aromatic heterocycles. The monoisotopic (exact) mass is 254 g/mol. The molecule has 0 radical (unpaired) electrons. The molecular weight excluding hydrogens is 228 g/mol. The molecule has 0 bridgehead atoms. The van der Waals surface area contributed by atoms with Gasteiger partial charge in [-0.2, -0.15) is 0 Å². The minimum Gasteiger partial charge on any atom is -0.465 e. The van der Waals surface area contributed by atoms with Crippen LogP contribution in [0.25, 0.3) is 0 Å². The highest BCUT2D eigenvalue weighted by Crippen LogP contribution is 2.41. The molecule has 18 heavy (non-hydrogen) atoms. The molecule has 4 nitrogen and oxygen atoms in total. The quantitative estimate of drug-likeness (QED) is 0.698. The van der Waals surface area contributed by atoms with E-state index in [1.807, 2.05) is 6.92 Å². The maximum absolute atomic E-state index is 12.1. The van der Waals surface area contributed by atoms with Gasteiger partial charge in [-0.15, -0.1) is 0 Å². The largest absolute Gasteiger partial charge is 0.465 e. The van der Waals surface area contributed by atoms with Gasteiger partial charge in [0.25, 0.3) is 0 Å². The molecular formula is C14H26N2O2. The highest BCUT2D eigenvalue weighted by molar-refractivity contribution is 5.82. The number of nitrogens with two attached hydrogens (primary N) is 1. The van der Waals surface area contributed by atoms with Crippen molar-refractivity contribution >= 4 is 5.97 Å². The number of carbonyl (C=O) groups is 1. The van der Waals surface area contributed by atoms with Crippen molar-refractivity contribution in [3.63, 3.8) is 0 Å². The average Bonchev–Trinajstić information content (AvgIpc) is 3.20. The Hall–Kier alpha value is -0.610. The molecule has 2 fully saturated rings. The van der Waals surface area contributed by atoms with E-state index < -0.39 is 5.54 Å². The average molecular weight is 254 g/mol. The van der Waals surface area contributed by atoms with E-state index in [0.29, 0.717) is 25.1 Å². The number of esters is 1. The summed E-state index contributed by atoms with van der Waals surface area (Å²) in [6, 6.07) is 0.515. The van der Waals surface area contributed by atoms with Gasteiger partial charge in [0.15, 0.2) is 0 Å². The Morgan fingerprint density at radius 3 is 2.50 bits per heavy atom. The summed E-state index contributed by atoms with van der Waals surface area (Å²) in [5, 5.41) is 0. The van der Waals surface area contributed by atoms with Crippen molar-refractivity contribution in [3.05, 3.63) is 0 Å². The lowest BCUT2D eigenvalue weighted by Crippen LogP contribution is -2.59. The summed E-state index contributed by atoms with van der Waals surface area (Å²) in [5.41, 5.74) is 5.58. The maximum Gasteiger partial charge on any atom is 0.327 e. The van der Waals surface area contributed by atoms with Crippen LogP contribution in [0.5, 0.6) is 0 Å². The predicted molar refractivity (Wildman–Crippen MR) is 71.1 cm³/mol. The molecule has 4 heteroatoms. The smallest absolute Gasteiger partial charge is 0.327 e. The lowest BCUT2D eigenvalue weighted by atomic mass is 9.93. The molecule has 0 aromatic carbocycles. The van der Waals surface area contributed by atoms with Crippen molar-refractivity contribution in [2.45, 2.75) is 51.1 Å². The van der Waals surface area contributed by atoms with E-state index in [-0.39, 0.29) is 5.97 Å². The summed E-state index contributed by atoms with van der Waals surface area (Å²) in [7, 11) is 2.08. The summed E-state index contributed by atoms with van der Waals surface area (Å²) in [6.07, 6.45) is 4.74. The number of nitrogens with zero attached hydrogens (tertiary/aromatic N) is 1. The zero-order valence-corrected chi connectivity index (χ0v) is 11.8. The Labute approximate surface area is 110 Å². The molecule has 2 N–H and O–H groups in total. The lowest BCUT2D eigenvalue weighted by molar-refractivity contribution is -0.151. The molecule has 0 spiro atoms. The molecule has 0 aliphatic heterocycles. The minimum absolute atomic E-state index is 0.220. The number of ether oxygens (including phenoxy) is 1. The van der Waals surface area contributed by atoms with Crippen LogP contribution in [0.3, 0.4) is 0 Å². The fourth-order valence-electron chi connectivity index (χ4n) is 2.72. The van der Waals surface area contributed by atoms with Gasteiger partial charge < -0.3 is 15.4 Å². The van der Waals surface area contributed by atoms with Crippen LogP contribution >= 0.6 is 0 Å². The normalized spacial score (nSPS) is 24.7. The van der Waals surface area contributed by atoms with Crippen molar-refractivity contribution in [1.29, 1.82) is 0 Å². The van der Waals surface area contributed by atoms with E-state index in [2.05, 4.69) is 18.9 Å². The maximum atomic E-state index is 12.1. The van der Waals surface area contributed by atoms with Gasteiger partial charge in [0.2, 0.25) is 0 Å². The van der Waals surface area contributed by atoms with Crippen molar-refractivity contribution < 1.29 is 9.53 Å². The van der Waals surface area contributed by atoms with Crippen LogP contribution in [0, 0.1) is 11.8 Å². The third kappa shape index (κ3) is 2.86. The molecule has 2 aliphatic rings. The van der Waals surface area contributed by atoms with Gasteiger partial charge in [-0.3, -0.25) is 0 Å². The van der Waals surface area contributed by atoms with Crippen LogP contribution in [-0.4, -0.2) is 42.6 Å². The summed E-state index contributed by atoms with van der Waals surface area (Å²) >= 11 is 0. The zero-order valence-electron chi connectivity index (χ0n) is 11.8.